The highest BCUT2D eigenvalue weighted by Crippen LogP contribution is 2.61. The molecule has 54 heavy (non-hydrogen) atoms. The van der Waals surface area contributed by atoms with Gasteiger partial charge in [0, 0.05) is 66.8 Å². The molecule has 4 aliphatic rings. The third-order valence-corrected chi connectivity index (χ3v) is 10.7. The monoisotopic (exact) mass is 722 g/mol. The van der Waals surface area contributed by atoms with Gasteiger partial charge in [-0.15, -0.1) is 0 Å². The second-order valence-corrected chi connectivity index (χ2v) is 14.2. The minimum atomic E-state index is -0.798. The van der Waals surface area contributed by atoms with Crippen molar-refractivity contribution < 1.29 is 14.4 Å². The van der Waals surface area contributed by atoms with E-state index in [-0.39, 0.29) is 42.0 Å². The number of carbonyl (C=O) groups is 3. The molecule has 0 fully saturated rings. The first kappa shape index (κ1) is 33.4. The van der Waals surface area contributed by atoms with Crippen LogP contribution in [0.2, 0.25) is 0 Å². The molecule has 10 rings (SSSR count). The van der Waals surface area contributed by atoms with E-state index in [1.165, 1.54) is 0 Å². The lowest BCUT2D eigenvalue weighted by Gasteiger charge is -2.42. The van der Waals surface area contributed by atoms with Crippen LogP contribution < -0.4 is 33.2 Å². The van der Waals surface area contributed by atoms with Crippen LogP contribution in [0.3, 0.4) is 0 Å². The minimum absolute atomic E-state index is 0.113. The summed E-state index contributed by atoms with van der Waals surface area (Å²) in [5, 5.41) is 9.20. The largest absolute Gasteiger partial charge is 0.351 e. The molecule has 0 saturated carbocycles. The fourth-order valence-electron chi connectivity index (χ4n) is 8.08. The first-order valence-electron chi connectivity index (χ1n) is 17.8. The number of fused-ring (bicyclic) bond motifs is 1. The first-order chi connectivity index (χ1) is 26.2. The molecular weight excluding hydrogens is 685 g/mol. The summed E-state index contributed by atoms with van der Waals surface area (Å²) in [7, 11) is 0. The maximum atomic E-state index is 13.3. The van der Waals surface area contributed by atoms with Crippen molar-refractivity contribution in [2.75, 3.05) is 10.6 Å². The molecule has 3 heterocycles. The summed E-state index contributed by atoms with van der Waals surface area (Å²) in [6.07, 6.45) is 10.7. The van der Waals surface area contributed by atoms with E-state index in [1.54, 1.807) is 37.6 Å². The van der Waals surface area contributed by atoms with E-state index in [0.29, 0.717) is 35.6 Å². The maximum absolute atomic E-state index is 13.3. The van der Waals surface area contributed by atoms with Gasteiger partial charge in [-0.1, -0.05) is 24.3 Å². The number of amides is 3. The van der Waals surface area contributed by atoms with E-state index in [0.717, 1.165) is 50.2 Å². The molecule has 3 aromatic carbocycles. The van der Waals surface area contributed by atoms with Crippen molar-refractivity contribution in [1.29, 1.82) is 0 Å². The average molecular weight is 723 g/mol. The number of aromatic nitrogens is 6. The highest BCUT2D eigenvalue weighted by Gasteiger charge is 2.49. The number of aromatic amines is 3. The van der Waals surface area contributed by atoms with Crippen LogP contribution in [0.15, 0.2) is 86.1 Å². The number of nitrogens with two attached hydrogens (primary N) is 3. The van der Waals surface area contributed by atoms with Crippen LogP contribution in [-0.4, -0.2) is 65.8 Å². The second-order valence-electron chi connectivity index (χ2n) is 14.2. The number of rotatable bonds is 12. The van der Waals surface area contributed by atoms with Gasteiger partial charge in [0.15, 0.2) is 0 Å². The van der Waals surface area contributed by atoms with Crippen LogP contribution >= 0.6 is 0 Å². The minimum Gasteiger partial charge on any atom is -0.351 e. The molecule has 0 spiro atoms. The van der Waals surface area contributed by atoms with Gasteiger partial charge in [-0.05, 0) is 68.8 Å². The Labute approximate surface area is 309 Å². The fraction of sp³-hybridized carbons (Fsp3) is 0.231. The first-order valence-corrected chi connectivity index (χ1v) is 17.8. The van der Waals surface area contributed by atoms with E-state index in [4.69, 9.17) is 17.2 Å². The predicted molar refractivity (Wildman–Crippen MR) is 199 cm³/mol. The molecule has 3 amide bonds. The van der Waals surface area contributed by atoms with Crippen LogP contribution in [0.25, 0.3) is 0 Å². The topological polar surface area (TPSA) is 251 Å². The highest BCUT2D eigenvalue weighted by atomic mass is 16.2. The summed E-state index contributed by atoms with van der Waals surface area (Å²) in [4.78, 5) is 61.0. The van der Waals surface area contributed by atoms with Crippen LogP contribution in [0, 0.1) is 0 Å². The van der Waals surface area contributed by atoms with Crippen molar-refractivity contribution in [2.45, 2.75) is 55.3 Å². The summed E-state index contributed by atoms with van der Waals surface area (Å²) < 4.78 is 0. The van der Waals surface area contributed by atoms with Crippen molar-refractivity contribution in [2.24, 2.45) is 17.2 Å². The fourth-order valence-corrected chi connectivity index (χ4v) is 8.08. The number of benzene rings is 3. The SMILES string of the molecule is N[C@@H](Cc1c[nH]cn1)C(=O)Nc1ccc2c(c1)C1c3cc(NC(=O)[C@@H](N)Cc4cnc[nH]4)ccc3C2c2ccc3c(c21)C3NC(=O)[C@@H](N)Cc1c[nH]cn1. The smallest absolute Gasteiger partial charge is 0.241 e. The van der Waals surface area contributed by atoms with Gasteiger partial charge in [0.25, 0.3) is 0 Å². The van der Waals surface area contributed by atoms with E-state index in [2.05, 4.69) is 70.1 Å². The highest BCUT2D eigenvalue weighted by molar-refractivity contribution is 5.96. The number of hydrogen-bond donors (Lipinski definition) is 9. The Hall–Kier alpha value is -6.42. The zero-order valence-electron chi connectivity index (χ0n) is 29.0. The molecule has 2 bridgehead atoms. The standard InChI is InChI=1S/C39H38N12O3/c40-29(9-20-12-43-15-46-20)37(52)49-18-1-3-23-27(7-18)33-28-8-19(50-38(53)30(41)10-21-13-44-16-47-21)2-4-24(28)32(23)25-5-6-26-35(34(25)33)36(26)51-39(54)31(42)11-22-14-45-17-48-22/h1-8,12-17,29-33,36H,9-11,40-42H2,(H,43,46)(H,44,47)(H,45,48)(H,49,52)(H,50,53)(H,51,54)/t29-,30-,31-,32?,33?,36?/m0/s1. The number of imidazole rings is 3. The Kier molecular flexibility index (Phi) is 8.18. The van der Waals surface area contributed by atoms with Gasteiger partial charge in [-0.3, -0.25) is 14.4 Å². The van der Waals surface area contributed by atoms with Crippen molar-refractivity contribution >= 4 is 29.1 Å². The second kappa shape index (κ2) is 13.2. The molecule has 12 N–H and O–H groups in total. The van der Waals surface area contributed by atoms with Gasteiger partial charge in [0.1, 0.15) is 0 Å². The van der Waals surface area contributed by atoms with Gasteiger partial charge >= 0.3 is 0 Å². The lowest BCUT2D eigenvalue weighted by Crippen LogP contribution is -2.41. The number of H-pyrrole nitrogens is 3. The Morgan fingerprint density at radius 3 is 1.74 bits per heavy atom. The summed E-state index contributed by atoms with van der Waals surface area (Å²) in [5.41, 5.74) is 31.0. The van der Waals surface area contributed by atoms with Crippen molar-refractivity contribution in [3.63, 3.8) is 0 Å². The third kappa shape index (κ3) is 5.93. The maximum Gasteiger partial charge on any atom is 0.241 e. The zero-order chi connectivity index (χ0) is 37.1. The summed E-state index contributed by atoms with van der Waals surface area (Å²) in [5.74, 6) is -1.27. The molecule has 3 aromatic heterocycles. The number of hydrogen-bond acceptors (Lipinski definition) is 9. The Balaban J connectivity index is 1.04. The van der Waals surface area contributed by atoms with E-state index < -0.39 is 18.1 Å². The van der Waals surface area contributed by atoms with Gasteiger partial charge in [0.2, 0.25) is 17.7 Å². The van der Waals surface area contributed by atoms with Crippen molar-refractivity contribution in [3.8, 4) is 0 Å². The van der Waals surface area contributed by atoms with Gasteiger partial charge < -0.3 is 48.1 Å². The normalized spacial score (nSPS) is 18.7. The summed E-state index contributed by atoms with van der Waals surface area (Å²) >= 11 is 0. The molecule has 0 aliphatic heterocycles. The number of anilines is 2. The lowest BCUT2D eigenvalue weighted by molar-refractivity contribution is -0.122. The van der Waals surface area contributed by atoms with Gasteiger partial charge in [-0.2, -0.15) is 0 Å². The van der Waals surface area contributed by atoms with Crippen LogP contribution in [-0.2, 0) is 33.6 Å². The molecule has 6 atom stereocenters. The van der Waals surface area contributed by atoms with Gasteiger partial charge in [0.05, 0.1) is 54.5 Å². The molecule has 6 aromatic rings. The van der Waals surface area contributed by atoms with E-state index in [1.807, 2.05) is 24.3 Å². The van der Waals surface area contributed by atoms with Crippen LogP contribution in [0.4, 0.5) is 11.4 Å². The molecule has 15 heteroatoms. The molecule has 15 nitrogen and oxygen atoms in total. The molecule has 0 radical (unpaired) electrons. The number of carbonyl (C=O) groups excluding carboxylic acids is 3. The zero-order valence-corrected chi connectivity index (χ0v) is 29.0. The Morgan fingerprint density at radius 1 is 0.630 bits per heavy atom. The molecule has 3 unspecified atom stereocenters. The lowest BCUT2D eigenvalue weighted by atomic mass is 9.61. The number of nitrogens with zero attached hydrogens (tertiary/aromatic N) is 3. The Morgan fingerprint density at radius 2 is 1.19 bits per heavy atom. The average Bonchev–Trinajstić information content (AvgIpc) is 3.71. The Bertz CT molecular complexity index is 2280. The quantitative estimate of drug-likeness (QED) is 0.0893. The van der Waals surface area contributed by atoms with Crippen LogP contribution in [0.5, 0.6) is 0 Å². The molecular formula is C39H38N12O3. The van der Waals surface area contributed by atoms with Crippen molar-refractivity contribution in [1.82, 2.24) is 35.2 Å². The van der Waals surface area contributed by atoms with Crippen LogP contribution in [0.1, 0.15) is 79.5 Å². The third-order valence-electron chi connectivity index (χ3n) is 10.7. The predicted octanol–water partition coefficient (Wildman–Crippen LogP) is 1.95. The molecule has 4 aliphatic carbocycles. The summed E-state index contributed by atoms with van der Waals surface area (Å²) in [6.45, 7) is 0. The van der Waals surface area contributed by atoms with E-state index >= 15 is 0 Å². The molecule has 0 saturated heterocycles. The number of nitrogens with one attached hydrogen (secondary N) is 6. The van der Waals surface area contributed by atoms with E-state index in [9.17, 15) is 14.4 Å². The van der Waals surface area contributed by atoms with Gasteiger partial charge in [-0.25, -0.2) is 15.0 Å². The summed E-state index contributed by atoms with van der Waals surface area (Å²) in [6, 6.07) is 13.6. The van der Waals surface area contributed by atoms with Crippen molar-refractivity contribution in [3.05, 3.63) is 148 Å². The molecule has 272 valence electrons.